The molecule has 1 rings (SSSR count). The normalized spacial score (nSPS) is 22.1. The van der Waals surface area contributed by atoms with E-state index in [1.807, 2.05) is 13.8 Å². The molecule has 0 bridgehead atoms. The van der Waals surface area contributed by atoms with Crippen LogP contribution in [0.3, 0.4) is 0 Å². The Bertz CT molecular complexity index is 253. The van der Waals surface area contributed by atoms with Crippen molar-refractivity contribution in [3.63, 3.8) is 0 Å². The Kier molecular flexibility index (Phi) is 6.65. The Morgan fingerprint density at radius 2 is 1.94 bits per heavy atom. The van der Waals surface area contributed by atoms with E-state index in [-0.39, 0.29) is 11.5 Å². The third-order valence-electron chi connectivity index (χ3n) is 3.08. The highest BCUT2D eigenvalue weighted by atomic mass is 16.7. The number of ether oxygens (including phenoxy) is 2. The second kappa shape index (κ2) is 7.74. The summed E-state index contributed by atoms with van der Waals surface area (Å²) in [6, 6.07) is 0. The van der Waals surface area contributed by atoms with E-state index >= 15 is 0 Å². The molecule has 0 aliphatic carbocycles. The van der Waals surface area contributed by atoms with Crippen LogP contribution in [0, 0.1) is 0 Å². The first-order valence-electron chi connectivity index (χ1n) is 7.12. The van der Waals surface area contributed by atoms with Gasteiger partial charge < -0.3 is 9.47 Å². The van der Waals surface area contributed by atoms with Crippen LogP contribution in [0.15, 0.2) is 0 Å². The lowest BCUT2D eigenvalue weighted by Crippen LogP contribution is -2.40. The number of carbonyl (C=O) groups is 1. The first-order chi connectivity index (χ1) is 8.53. The Hall–Kier alpha value is -0.610. The highest BCUT2D eigenvalue weighted by molar-refractivity contribution is 5.69. The van der Waals surface area contributed by atoms with Crippen molar-refractivity contribution >= 4 is 5.97 Å². The van der Waals surface area contributed by atoms with Gasteiger partial charge in [-0.1, -0.05) is 39.0 Å². The van der Waals surface area contributed by atoms with Crippen molar-refractivity contribution in [3.8, 4) is 0 Å². The molecule has 1 fully saturated rings. The molecule has 18 heavy (non-hydrogen) atoms. The molecule has 4 heteroatoms. The molecule has 0 amide bonds. The molecule has 0 aromatic heterocycles. The minimum atomic E-state index is -0.562. The lowest BCUT2D eigenvalue weighted by Gasteiger charge is -2.16. The van der Waals surface area contributed by atoms with Crippen LogP contribution < -0.4 is 5.32 Å². The zero-order valence-electron chi connectivity index (χ0n) is 12.0. The maximum Gasteiger partial charge on any atom is 0.309 e. The van der Waals surface area contributed by atoms with Gasteiger partial charge in [0, 0.05) is 12.0 Å². The Balaban J connectivity index is 2.01. The molecule has 1 aliphatic heterocycles. The standard InChI is InChI=1S/C14H27NO3/c1-4-5-6-7-8-9-10-12(16)18-13-15-14(2,3)11-17-13/h13,15H,4-11H2,1-3H3. The minimum Gasteiger partial charge on any atom is -0.421 e. The van der Waals surface area contributed by atoms with E-state index in [1.54, 1.807) is 0 Å². The number of nitrogens with one attached hydrogen (secondary N) is 1. The summed E-state index contributed by atoms with van der Waals surface area (Å²) in [6.45, 7) is 6.82. The van der Waals surface area contributed by atoms with Crippen LogP contribution in [0.25, 0.3) is 0 Å². The van der Waals surface area contributed by atoms with Gasteiger partial charge in [0.05, 0.1) is 6.61 Å². The minimum absolute atomic E-state index is 0.106. The number of esters is 1. The molecule has 1 atom stereocenters. The molecule has 0 spiro atoms. The predicted octanol–water partition coefficient (Wildman–Crippen LogP) is 2.96. The summed E-state index contributed by atoms with van der Waals surface area (Å²) in [5.41, 5.74) is -0.106. The van der Waals surface area contributed by atoms with Crippen LogP contribution >= 0.6 is 0 Å². The van der Waals surface area contributed by atoms with Gasteiger partial charge in [-0.05, 0) is 20.3 Å². The zero-order chi connectivity index (χ0) is 13.4. The van der Waals surface area contributed by atoms with Crippen molar-refractivity contribution in [1.29, 1.82) is 0 Å². The third-order valence-corrected chi connectivity index (χ3v) is 3.08. The van der Waals surface area contributed by atoms with Gasteiger partial charge in [-0.3, -0.25) is 10.1 Å². The third kappa shape index (κ3) is 6.36. The maximum absolute atomic E-state index is 11.6. The maximum atomic E-state index is 11.6. The molecule has 0 saturated carbocycles. The Labute approximate surface area is 110 Å². The highest BCUT2D eigenvalue weighted by Gasteiger charge is 2.32. The SMILES string of the molecule is CCCCCCCCC(=O)OC1NC(C)(C)CO1. The van der Waals surface area contributed by atoms with Crippen molar-refractivity contribution in [2.45, 2.75) is 77.7 Å². The van der Waals surface area contributed by atoms with Gasteiger partial charge in [-0.15, -0.1) is 0 Å². The van der Waals surface area contributed by atoms with Crippen molar-refractivity contribution in [1.82, 2.24) is 5.32 Å². The van der Waals surface area contributed by atoms with Gasteiger partial charge in [0.2, 0.25) is 0 Å². The van der Waals surface area contributed by atoms with Gasteiger partial charge in [-0.2, -0.15) is 0 Å². The van der Waals surface area contributed by atoms with Crippen molar-refractivity contribution in [2.75, 3.05) is 6.61 Å². The molecule has 0 aromatic rings. The molecule has 1 unspecified atom stereocenters. The van der Waals surface area contributed by atoms with Crippen LogP contribution in [-0.4, -0.2) is 24.5 Å². The lowest BCUT2D eigenvalue weighted by atomic mass is 10.1. The molecular weight excluding hydrogens is 230 g/mol. The lowest BCUT2D eigenvalue weighted by molar-refractivity contribution is -0.173. The molecule has 0 aromatic carbocycles. The van der Waals surface area contributed by atoms with Gasteiger partial charge in [0.15, 0.2) is 0 Å². The zero-order valence-corrected chi connectivity index (χ0v) is 12.0. The topological polar surface area (TPSA) is 47.6 Å². The summed E-state index contributed by atoms with van der Waals surface area (Å²) in [4.78, 5) is 11.6. The highest BCUT2D eigenvalue weighted by Crippen LogP contribution is 2.15. The molecule has 4 nitrogen and oxygen atoms in total. The van der Waals surface area contributed by atoms with Crippen LogP contribution in [-0.2, 0) is 14.3 Å². The van der Waals surface area contributed by atoms with E-state index in [0.29, 0.717) is 13.0 Å². The molecule has 106 valence electrons. The number of rotatable bonds is 8. The number of unbranched alkanes of at least 4 members (excludes halogenated alkanes) is 5. The van der Waals surface area contributed by atoms with Crippen LogP contribution in [0.5, 0.6) is 0 Å². The average molecular weight is 257 g/mol. The second-order valence-corrected chi connectivity index (χ2v) is 5.68. The first kappa shape index (κ1) is 15.4. The molecule has 0 radical (unpaired) electrons. The van der Waals surface area contributed by atoms with E-state index < -0.39 is 6.41 Å². The fourth-order valence-corrected chi connectivity index (χ4v) is 1.98. The fourth-order valence-electron chi connectivity index (χ4n) is 1.98. The summed E-state index contributed by atoms with van der Waals surface area (Å²) < 4.78 is 10.5. The van der Waals surface area contributed by atoms with E-state index in [9.17, 15) is 4.79 Å². The van der Waals surface area contributed by atoms with Gasteiger partial charge in [0.25, 0.3) is 6.41 Å². The van der Waals surface area contributed by atoms with E-state index in [1.165, 1.54) is 25.7 Å². The quantitative estimate of drug-likeness (QED) is 0.536. The molecule has 1 saturated heterocycles. The molecular formula is C14H27NO3. The van der Waals surface area contributed by atoms with Crippen LogP contribution in [0.4, 0.5) is 0 Å². The average Bonchev–Trinajstić information content (AvgIpc) is 2.63. The van der Waals surface area contributed by atoms with Gasteiger partial charge in [-0.25, -0.2) is 0 Å². The van der Waals surface area contributed by atoms with E-state index in [2.05, 4.69) is 12.2 Å². The van der Waals surface area contributed by atoms with Crippen molar-refractivity contribution in [3.05, 3.63) is 0 Å². The van der Waals surface area contributed by atoms with Crippen molar-refractivity contribution in [2.24, 2.45) is 0 Å². The van der Waals surface area contributed by atoms with Crippen LogP contribution in [0.2, 0.25) is 0 Å². The molecule has 1 aliphatic rings. The van der Waals surface area contributed by atoms with Crippen LogP contribution in [0.1, 0.15) is 65.7 Å². The summed E-state index contributed by atoms with van der Waals surface area (Å²) >= 11 is 0. The van der Waals surface area contributed by atoms with E-state index in [0.717, 1.165) is 12.8 Å². The largest absolute Gasteiger partial charge is 0.421 e. The summed E-state index contributed by atoms with van der Waals surface area (Å²) in [7, 11) is 0. The summed E-state index contributed by atoms with van der Waals surface area (Å²) in [6.07, 6.45) is 6.99. The monoisotopic (exact) mass is 257 g/mol. The molecule has 1 N–H and O–H groups in total. The number of carbonyl (C=O) groups excluding carboxylic acids is 1. The predicted molar refractivity (Wildman–Crippen MR) is 71.0 cm³/mol. The Morgan fingerprint density at radius 3 is 2.56 bits per heavy atom. The number of hydrogen-bond donors (Lipinski definition) is 1. The molecule has 1 heterocycles. The summed E-state index contributed by atoms with van der Waals surface area (Å²) in [5, 5.41) is 3.11. The van der Waals surface area contributed by atoms with Gasteiger partial charge >= 0.3 is 5.97 Å². The number of hydrogen-bond acceptors (Lipinski definition) is 4. The van der Waals surface area contributed by atoms with Gasteiger partial charge in [0.1, 0.15) is 0 Å². The van der Waals surface area contributed by atoms with E-state index in [4.69, 9.17) is 9.47 Å². The van der Waals surface area contributed by atoms with Crippen molar-refractivity contribution < 1.29 is 14.3 Å². The second-order valence-electron chi connectivity index (χ2n) is 5.68. The first-order valence-corrected chi connectivity index (χ1v) is 7.12. The fraction of sp³-hybridized carbons (Fsp3) is 0.929. The summed E-state index contributed by atoms with van der Waals surface area (Å²) in [5.74, 6) is -0.166. The Morgan fingerprint density at radius 1 is 1.28 bits per heavy atom. The smallest absolute Gasteiger partial charge is 0.309 e.